The maximum atomic E-state index is 13.5. The molecule has 5 heteroatoms. The zero-order valence-corrected chi connectivity index (χ0v) is 17.1. The molecule has 2 fully saturated rings. The molecule has 1 aromatic rings. The molecule has 1 N–H and O–H groups in total. The van der Waals surface area contributed by atoms with E-state index < -0.39 is 0 Å². The van der Waals surface area contributed by atoms with Crippen molar-refractivity contribution in [2.75, 3.05) is 33.2 Å². The van der Waals surface area contributed by atoms with Gasteiger partial charge in [-0.25, -0.2) is 0 Å². The fourth-order valence-corrected chi connectivity index (χ4v) is 4.78. The van der Waals surface area contributed by atoms with Crippen LogP contribution in [0, 0.1) is 11.3 Å². The van der Waals surface area contributed by atoms with Crippen LogP contribution in [-0.2, 0) is 11.3 Å². The van der Waals surface area contributed by atoms with Gasteiger partial charge in [0.15, 0.2) is 0 Å². The molecule has 1 spiro atoms. The van der Waals surface area contributed by atoms with E-state index in [-0.39, 0.29) is 11.9 Å². The molecule has 0 aliphatic carbocycles. The lowest BCUT2D eigenvalue weighted by atomic mass is 9.77. The average Bonchev–Trinajstić information content (AvgIpc) is 2.91. The fraction of sp³-hybridized carbons (Fsp3) is 0.667. The van der Waals surface area contributed by atoms with Crippen molar-refractivity contribution in [1.82, 2.24) is 15.1 Å². The van der Waals surface area contributed by atoms with Gasteiger partial charge in [0.1, 0.15) is 0 Å². The number of carbonyl (C=O) groups excluding carboxylic acids is 1. The monoisotopic (exact) mass is 377 g/mol. The van der Waals surface area contributed by atoms with E-state index in [0.29, 0.717) is 17.9 Å². The Hall–Kier alpha value is -1.10. The maximum absolute atomic E-state index is 13.5. The highest BCUT2D eigenvalue weighted by Gasteiger charge is 2.46. The van der Waals surface area contributed by atoms with E-state index in [2.05, 4.69) is 31.1 Å². The van der Waals surface area contributed by atoms with Crippen molar-refractivity contribution in [3.8, 4) is 0 Å². The standard InChI is InChI=1S/C21H32ClN3O/c1-16(2)13-25(14-17-6-4-5-7-18(17)22)20(26)19-12-21(15-24(19)3)8-10-23-11-9-21/h4-7,16,19,23H,8-15H2,1-3H3/t19-/m0/s1. The summed E-state index contributed by atoms with van der Waals surface area (Å²) in [7, 11) is 2.11. The van der Waals surface area contributed by atoms with Crippen LogP contribution >= 0.6 is 11.6 Å². The van der Waals surface area contributed by atoms with Crippen molar-refractivity contribution in [2.45, 2.75) is 45.7 Å². The lowest BCUT2D eigenvalue weighted by Gasteiger charge is -2.33. The molecule has 26 heavy (non-hydrogen) atoms. The molecule has 2 saturated heterocycles. The second-order valence-electron chi connectivity index (χ2n) is 8.59. The van der Waals surface area contributed by atoms with Crippen molar-refractivity contribution in [3.63, 3.8) is 0 Å². The Morgan fingerprint density at radius 3 is 2.69 bits per heavy atom. The van der Waals surface area contributed by atoms with E-state index in [9.17, 15) is 4.79 Å². The minimum absolute atomic E-state index is 0.00524. The molecule has 0 unspecified atom stereocenters. The van der Waals surface area contributed by atoms with Gasteiger partial charge < -0.3 is 10.2 Å². The first kappa shape index (κ1) is 19.7. The van der Waals surface area contributed by atoms with Gasteiger partial charge in [-0.2, -0.15) is 0 Å². The van der Waals surface area contributed by atoms with Crippen molar-refractivity contribution < 1.29 is 4.79 Å². The molecule has 1 amide bonds. The minimum Gasteiger partial charge on any atom is -0.337 e. The summed E-state index contributed by atoms with van der Waals surface area (Å²) < 4.78 is 0. The number of hydrogen-bond donors (Lipinski definition) is 1. The van der Waals surface area contributed by atoms with Crippen molar-refractivity contribution in [2.24, 2.45) is 11.3 Å². The number of nitrogens with zero attached hydrogens (tertiary/aromatic N) is 2. The molecular weight excluding hydrogens is 346 g/mol. The van der Waals surface area contributed by atoms with Crippen molar-refractivity contribution in [3.05, 3.63) is 34.9 Å². The van der Waals surface area contributed by atoms with E-state index in [1.165, 1.54) is 12.8 Å². The first-order valence-electron chi connectivity index (χ1n) is 9.83. The molecule has 3 rings (SSSR count). The Morgan fingerprint density at radius 1 is 1.35 bits per heavy atom. The summed E-state index contributed by atoms with van der Waals surface area (Å²) in [5.74, 6) is 0.692. The first-order chi connectivity index (χ1) is 12.4. The number of hydrogen-bond acceptors (Lipinski definition) is 3. The lowest BCUT2D eigenvalue weighted by Crippen LogP contribution is -2.45. The molecule has 144 valence electrons. The third kappa shape index (κ3) is 4.41. The summed E-state index contributed by atoms with van der Waals surface area (Å²) >= 11 is 6.36. The highest BCUT2D eigenvalue weighted by Crippen LogP contribution is 2.41. The molecule has 0 saturated carbocycles. The van der Waals surface area contributed by atoms with Crippen LogP contribution in [0.2, 0.25) is 5.02 Å². The Kier molecular flexibility index (Phi) is 6.26. The van der Waals surface area contributed by atoms with Crippen LogP contribution < -0.4 is 5.32 Å². The maximum Gasteiger partial charge on any atom is 0.240 e. The summed E-state index contributed by atoms with van der Waals surface area (Å²) in [6.45, 7) is 8.87. The molecule has 4 nitrogen and oxygen atoms in total. The topological polar surface area (TPSA) is 35.6 Å². The van der Waals surface area contributed by atoms with Crippen molar-refractivity contribution >= 4 is 17.5 Å². The molecule has 1 atom stereocenters. The van der Waals surface area contributed by atoms with Gasteiger partial charge in [-0.1, -0.05) is 43.6 Å². The molecular formula is C21H32ClN3O. The fourth-order valence-electron chi connectivity index (χ4n) is 4.58. The quantitative estimate of drug-likeness (QED) is 0.854. The van der Waals surface area contributed by atoms with Gasteiger partial charge in [-0.15, -0.1) is 0 Å². The van der Waals surface area contributed by atoms with Crippen molar-refractivity contribution in [1.29, 1.82) is 0 Å². The van der Waals surface area contributed by atoms with Gasteiger partial charge in [0.2, 0.25) is 5.91 Å². The summed E-state index contributed by atoms with van der Waals surface area (Å²) in [5, 5.41) is 4.19. The van der Waals surface area contributed by atoms with Crippen LogP contribution in [0.25, 0.3) is 0 Å². The van der Waals surface area contributed by atoms with E-state index in [0.717, 1.165) is 43.2 Å². The summed E-state index contributed by atoms with van der Waals surface area (Å²) in [6.07, 6.45) is 3.34. The predicted molar refractivity (Wildman–Crippen MR) is 107 cm³/mol. The summed E-state index contributed by atoms with van der Waals surface area (Å²) in [5.41, 5.74) is 1.34. The highest BCUT2D eigenvalue weighted by molar-refractivity contribution is 6.31. The Bertz CT molecular complexity index is 627. The first-order valence-corrected chi connectivity index (χ1v) is 10.2. The van der Waals surface area contributed by atoms with Gasteiger partial charge in [0, 0.05) is 24.7 Å². The third-order valence-corrected chi connectivity index (χ3v) is 6.28. The number of piperidine rings is 1. The molecule has 2 heterocycles. The van der Waals surface area contributed by atoms with Crippen LogP contribution in [0.4, 0.5) is 0 Å². The van der Waals surface area contributed by atoms with Crippen LogP contribution in [0.3, 0.4) is 0 Å². The number of benzene rings is 1. The zero-order chi connectivity index (χ0) is 18.7. The number of amides is 1. The number of nitrogens with one attached hydrogen (secondary N) is 1. The molecule has 0 bridgehead atoms. The Balaban J connectivity index is 1.75. The van der Waals surface area contributed by atoms with Gasteiger partial charge in [0.05, 0.1) is 6.04 Å². The number of rotatable bonds is 5. The van der Waals surface area contributed by atoms with E-state index in [4.69, 9.17) is 11.6 Å². The molecule has 1 aromatic carbocycles. The lowest BCUT2D eigenvalue weighted by molar-refractivity contribution is -0.136. The molecule has 2 aliphatic heterocycles. The number of carbonyl (C=O) groups is 1. The Morgan fingerprint density at radius 2 is 2.04 bits per heavy atom. The SMILES string of the molecule is CC(C)CN(Cc1ccccc1Cl)C(=O)[C@@H]1CC2(CCNCC2)CN1C. The van der Waals surface area contributed by atoms with E-state index >= 15 is 0 Å². The van der Waals surface area contributed by atoms with Gasteiger partial charge in [-0.05, 0) is 62.4 Å². The van der Waals surface area contributed by atoms with E-state index in [1.807, 2.05) is 29.2 Å². The van der Waals surface area contributed by atoms with Crippen LogP contribution in [0.5, 0.6) is 0 Å². The van der Waals surface area contributed by atoms with Gasteiger partial charge in [-0.3, -0.25) is 9.69 Å². The third-order valence-electron chi connectivity index (χ3n) is 5.91. The average molecular weight is 378 g/mol. The van der Waals surface area contributed by atoms with Gasteiger partial charge in [0.25, 0.3) is 0 Å². The number of likely N-dealkylation sites (tertiary alicyclic amines) is 1. The largest absolute Gasteiger partial charge is 0.337 e. The summed E-state index contributed by atoms with van der Waals surface area (Å²) in [6, 6.07) is 7.85. The minimum atomic E-state index is -0.00524. The number of halogens is 1. The molecule has 2 aliphatic rings. The summed E-state index contributed by atoms with van der Waals surface area (Å²) in [4.78, 5) is 17.8. The highest BCUT2D eigenvalue weighted by atomic mass is 35.5. The second kappa shape index (κ2) is 8.28. The predicted octanol–water partition coefficient (Wildman–Crippen LogP) is 3.40. The molecule has 0 radical (unpaired) electrons. The Labute approximate surface area is 162 Å². The molecule has 0 aromatic heterocycles. The zero-order valence-electron chi connectivity index (χ0n) is 16.3. The smallest absolute Gasteiger partial charge is 0.240 e. The van der Waals surface area contributed by atoms with Gasteiger partial charge >= 0.3 is 0 Å². The number of likely N-dealkylation sites (N-methyl/N-ethyl adjacent to an activating group) is 1. The normalized spacial score (nSPS) is 22.9. The second-order valence-corrected chi connectivity index (χ2v) is 9.00. The van der Waals surface area contributed by atoms with E-state index in [1.54, 1.807) is 0 Å². The van der Waals surface area contributed by atoms with Crippen LogP contribution in [-0.4, -0.2) is 55.0 Å². The van der Waals surface area contributed by atoms with Crippen LogP contribution in [0.15, 0.2) is 24.3 Å². The van der Waals surface area contributed by atoms with Crippen LogP contribution in [0.1, 0.15) is 38.7 Å².